The van der Waals surface area contributed by atoms with Gasteiger partial charge in [0.15, 0.2) is 5.16 Å². The van der Waals surface area contributed by atoms with Crippen molar-refractivity contribution in [1.82, 2.24) is 19.7 Å². The molecule has 0 aliphatic carbocycles. The van der Waals surface area contributed by atoms with Crippen LogP contribution in [0, 0.1) is 0 Å². The lowest BCUT2D eigenvalue weighted by atomic mass is 10.1. The number of benzene rings is 1. The maximum atomic E-state index is 13.2. The number of aromatic nitrogens is 3. The zero-order valence-corrected chi connectivity index (χ0v) is 19.6. The van der Waals surface area contributed by atoms with Crippen LogP contribution < -0.4 is 0 Å². The highest BCUT2D eigenvalue weighted by molar-refractivity contribution is 8.00. The number of para-hydroxylation sites is 1. The molecule has 0 N–H and O–H groups in total. The smallest absolute Gasteiger partial charge is 0.236 e. The van der Waals surface area contributed by atoms with E-state index in [-0.39, 0.29) is 11.2 Å². The minimum absolute atomic E-state index is 0.157. The van der Waals surface area contributed by atoms with Crippen molar-refractivity contribution in [3.05, 3.63) is 80.4 Å². The lowest BCUT2D eigenvalue weighted by Crippen LogP contribution is -2.39. The third-order valence-corrected chi connectivity index (χ3v) is 8.31. The molecule has 4 heterocycles. The first-order chi connectivity index (χ1) is 15.2. The van der Waals surface area contributed by atoms with Gasteiger partial charge >= 0.3 is 0 Å². The van der Waals surface area contributed by atoms with E-state index < -0.39 is 0 Å². The molecular weight excluding hydrogens is 444 g/mol. The SMILES string of the molecule is CC(Sc1nnc(Cc2cccs2)n1-c1ccccc1)C(=O)N1CCc2sccc2C1. The van der Waals surface area contributed by atoms with Crippen LogP contribution in [0.25, 0.3) is 5.69 Å². The van der Waals surface area contributed by atoms with Crippen LogP contribution in [0.3, 0.4) is 0 Å². The molecule has 158 valence electrons. The Morgan fingerprint density at radius 1 is 1.10 bits per heavy atom. The molecule has 0 fully saturated rings. The first kappa shape index (κ1) is 20.5. The largest absolute Gasteiger partial charge is 0.337 e. The maximum Gasteiger partial charge on any atom is 0.236 e. The summed E-state index contributed by atoms with van der Waals surface area (Å²) >= 11 is 4.99. The number of hydrogen-bond donors (Lipinski definition) is 0. The summed E-state index contributed by atoms with van der Waals surface area (Å²) in [7, 11) is 0. The van der Waals surface area contributed by atoms with Gasteiger partial charge in [0, 0.05) is 35.0 Å². The molecule has 1 aliphatic rings. The number of carbonyl (C=O) groups is 1. The summed E-state index contributed by atoms with van der Waals surface area (Å²) in [4.78, 5) is 17.8. The number of amides is 1. The van der Waals surface area contributed by atoms with Crippen molar-refractivity contribution in [2.75, 3.05) is 6.54 Å². The molecule has 0 radical (unpaired) electrons. The van der Waals surface area contributed by atoms with E-state index in [4.69, 9.17) is 0 Å². The summed E-state index contributed by atoms with van der Waals surface area (Å²) in [5.41, 5.74) is 2.30. The number of rotatable bonds is 6. The molecule has 5 rings (SSSR count). The van der Waals surface area contributed by atoms with Gasteiger partial charge in [0.1, 0.15) is 5.82 Å². The van der Waals surface area contributed by atoms with Crippen molar-refractivity contribution in [2.45, 2.75) is 36.7 Å². The van der Waals surface area contributed by atoms with Gasteiger partial charge < -0.3 is 4.90 Å². The van der Waals surface area contributed by atoms with E-state index in [1.54, 1.807) is 22.7 Å². The average Bonchev–Trinajstić information content (AvgIpc) is 3.55. The molecule has 1 aliphatic heterocycles. The van der Waals surface area contributed by atoms with Gasteiger partial charge in [-0.1, -0.05) is 36.0 Å². The molecule has 0 bridgehead atoms. The predicted octanol–water partition coefficient (Wildman–Crippen LogP) is 5.05. The van der Waals surface area contributed by atoms with Crippen LogP contribution in [0.15, 0.2) is 64.4 Å². The van der Waals surface area contributed by atoms with Crippen LogP contribution in [0.2, 0.25) is 0 Å². The number of nitrogens with zero attached hydrogens (tertiary/aromatic N) is 4. The Morgan fingerprint density at radius 2 is 1.97 bits per heavy atom. The average molecular weight is 467 g/mol. The van der Waals surface area contributed by atoms with E-state index in [0.29, 0.717) is 6.54 Å². The highest BCUT2D eigenvalue weighted by Crippen LogP contribution is 2.30. The molecule has 1 atom stereocenters. The molecule has 4 aromatic rings. The van der Waals surface area contributed by atoms with E-state index in [2.05, 4.69) is 55.9 Å². The predicted molar refractivity (Wildman–Crippen MR) is 127 cm³/mol. The van der Waals surface area contributed by atoms with Crippen LogP contribution in [0.1, 0.15) is 28.1 Å². The van der Waals surface area contributed by atoms with E-state index in [9.17, 15) is 4.79 Å². The first-order valence-corrected chi connectivity index (χ1v) is 12.9. The summed E-state index contributed by atoms with van der Waals surface area (Å²) in [5.74, 6) is 1.04. The second kappa shape index (κ2) is 8.98. The molecule has 5 nitrogen and oxygen atoms in total. The fourth-order valence-corrected chi connectivity index (χ4v) is 6.36. The topological polar surface area (TPSA) is 51.0 Å². The minimum atomic E-state index is -0.235. The quantitative estimate of drug-likeness (QED) is 0.373. The van der Waals surface area contributed by atoms with Crippen LogP contribution >= 0.6 is 34.4 Å². The number of carbonyl (C=O) groups excluding carboxylic acids is 1. The fraction of sp³-hybridized carbons (Fsp3) is 0.261. The number of hydrogen-bond acceptors (Lipinski definition) is 6. The molecular formula is C23H22N4OS3. The number of thioether (sulfide) groups is 1. The summed E-state index contributed by atoms with van der Waals surface area (Å²) in [6.07, 6.45) is 1.66. The Bertz CT molecular complexity index is 1170. The van der Waals surface area contributed by atoms with Crippen LogP contribution in [-0.4, -0.2) is 37.4 Å². The Morgan fingerprint density at radius 3 is 2.77 bits per heavy atom. The summed E-state index contributed by atoms with van der Waals surface area (Å²) < 4.78 is 2.08. The van der Waals surface area contributed by atoms with Crippen LogP contribution in [-0.2, 0) is 24.2 Å². The van der Waals surface area contributed by atoms with Crippen molar-refractivity contribution in [1.29, 1.82) is 0 Å². The molecule has 0 spiro atoms. The molecule has 1 aromatic carbocycles. The Hall–Kier alpha value is -2.42. The normalized spacial score (nSPS) is 14.4. The van der Waals surface area contributed by atoms with Gasteiger partial charge in [-0.15, -0.1) is 32.9 Å². The van der Waals surface area contributed by atoms with Gasteiger partial charge in [0.25, 0.3) is 0 Å². The fourth-order valence-electron chi connectivity index (χ4n) is 3.80. The van der Waals surface area contributed by atoms with Crippen molar-refractivity contribution in [3.63, 3.8) is 0 Å². The van der Waals surface area contributed by atoms with E-state index in [0.717, 1.165) is 36.1 Å². The van der Waals surface area contributed by atoms with Crippen molar-refractivity contribution in [3.8, 4) is 5.69 Å². The number of thiophene rings is 2. The Balaban J connectivity index is 1.38. The van der Waals surface area contributed by atoms with Crippen molar-refractivity contribution < 1.29 is 4.79 Å². The first-order valence-electron chi connectivity index (χ1n) is 10.2. The molecule has 0 saturated heterocycles. The molecule has 8 heteroatoms. The van der Waals surface area contributed by atoms with Gasteiger partial charge in [-0.3, -0.25) is 9.36 Å². The van der Waals surface area contributed by atoms with Crippen LogP contribution in [0.5, 0.6) is 0 Å². The van der Waals surface area contributed by atoms with Gasteiger partial charge in [-0.2, -0.15) is 0 Å². The van der Waals surface area contributed by atoms with E-state index >= 15 is 0 Å². The van der Waals surface area contributed by atoms with E-state index in [1.165, 1.54) is 27.1 Å². The Kier molecular flexibility index (Phi) is 5.93. The highest BCUT2D eigenvalue weighted by atomic mass is 32.2. The molecule has 1 unspecified atom stereocenters. The zero-order valence-electron chi connectivity index (χ0n) is 17.1. The van der Waals surface area contributed by atoms with Gasteiger partial charge in [-0.05, 0) is 53.9 Å². The molecule has 0 saturated carbocycles. The Labute approximate surface area is 193 Å². The molecule has 31 heavy (non-hydrogen) atoms. The van der Waals surface area contributed by atoms with E-state index in [1.807, 2.05) is 30.0 Å². The third kappa shape index (κ3) is 4.33. The van der Waals surface area contributed by atoms with Gasteiger partial charge in [0.05, 0.1) is 5.25 Å². The maximum absolute atomic E-state index is 13.2. The number of fused-ring (bicyclic) bond motifs is 1. The zero-order chi connectivity index (χ0) is 21.2. The molecule has 3 aromatic heterocycles. The van der Waals surface area contributed by atoms with Crippen LogP contribution in [0.4, 0.5) is 0 Å². The summed E-state index contributed by atoms with van der Waals surface area (Å²) in [6.45, 7) is 3.46. The second-order valence-electron chi connectivity index (χ2n) is 7.46. The van der Waals surface area contributed by atoms with Gasteiger partial charge in [-0.25, -0.2) is 0 Å². The standard InChI is InChI=1S/C23H22N4OS3/c1-16(22(28)26-11-9-20-17(15-26)10-13-30-20)31-23-25-24-21(14-19-8-5-12-29-19)27(23)18-6-3-2-4-7-18/h2-8,10,12-13,16H,9,11,14-15H2,1H3. The highest BCUT2D eigenvalue weighted by Gasteiger charge is 2.28. The lowest BCUT2D eigenvalue weighted by Gasteiger charge is -2.29. The summed E-state index contributed by atoms with van der Waals surface area (Å²) in [5, 5.41) is 13.7. The lowest BCUT2D eigenvalue weighted by molar-refractivity contribution is -0.131. The van der Waals surface area contributed by atoms with Crippen molar-refractivity contribution >= 4 is 40.3 Å². The third-order valence-electron chi connectivity index (χ3n) is 5.38. The molecule has 1 amide bonds. The van der Waals surface area contributed by atoms with Crippen molar-refractivity contribution in [2.24, 2.45) is 0 Å². The minimum Gasteiger partial charge on any atom is -0.337 e. The van der Waals surface area contributed by atoms with Gasteiger partial charge in [0.2, 0.25) is 5.91 Å². The second-order valence-corrected chi connectivity index (χ2v) is 10.8. The summed E-state index contributed by atoms with van der Waals surface area (Å²) in [6, 6.07) is 16.4. The monoisotopic (exact) mass is 466 g/mol.